The smallest absolute Gasteiger partial charge is 0.0641 e. The highest BCUT2D eigenvalue weighted by Gasteiger charge is 2.18. The highest BCUT2D eigenvalue weighted by molar-refractivity contribution is 5.20. The Morgan fingerprint density at radius 2 is 2.12 bits per heavy atom. The molecular formula is C13H25N3O. The van der Waals surface area contributed by atoms with Gasteiger partial charge >= 0.3 is 0 Å². The van der Waals surface area contributed by atoms with Crippen LogP contribution in [0, 0.1) is 6.92 Å². The van der Waals surface area contributed by atoms with Gasteiger partial charge in [0.25, 0.3) is 0 Å². The second-order valence-electron chi connectivity index (χ2n) is 5.54. The molecule has 1 aromatic rings. The van der Waals surface area contributed by atoms with E-state index in [0.29, 0.717) is 0 Å². The maximum Gasteiger partial charge on any atom is 0.0641 e. The Labute approximate surface area is 104 Å². The summed E-state index contributed by atoms with van der Waals surface area (Å²) in [5.41, 5.74) is 2.33. The zero-order valence-electron chi connectivity index (χ0n) is 11.6. The van der Waals surface area contributed by atoms with Crippen molar-refractivity contribution in [2.75, 3.05) is 13.2 Å². The van der Waals surface area contributed by atoms with Crippen molar-refractivity contribution in [3.8, 4) is 0 Å². The van der Waals surface area contributed by atoms with Crippen molar-refractivity contribution >= 4 is 0 Å². The Hall–Kier alpha value is -0.870. The van der Waals surface area contributed by atoms with Crippen LogP contribution in [0.4, 0.5) is 0 Å². The van der Waals surface area contributed by atoms with Crippen molar-refractivity contribution in [2.24, 2.45) is 0 Å². The van der Waals surface area contributed by atoms with Gasteiger partial charge in [-0.2, -0.15) is 5.10 Å². The molecule has 1 atom stereocenters. The van der Waals surface area contributed by atoms with Crippen LogP contribution in [0.5, 0.6) is 0 Å². The van der Waals surface area contributed by atoms with Crippen molar-refractivity contribution in [3.63, 3.8) is 0 Å². The summed E-state index contributed by atoms with van der Waals surface area (Å²) in [6.07, 6.45) is 2.91. The van der Waals surface area contributed by atoms with Gasteiger partial charge in [0.2, 0.25) is 0 Å². The van der Waals surface area contributed by atoms with Crippen molar-refractivity contribution in [1.82, 2.24) is 15.1 Å². The molecule has 0 radical (unpaired) electrons. The number of nitrogens with zero attached hydrogens (tertiary/aromatic N) is 2. The van der Waals surface area contributed by atoms with Crippen LogP contribution in [0.15, 0.2) is 6.20 Å². The maximum absolute atomic E-state index is 8.76. The van der Waals surface area contributed by atoms with Crippen LogP contribution in [0.25, 0.3) is 0 Å². The van der Waals surface area contributed by atoms with E-state index in [1.54, 1.807) is 0 Å². The standard InChI is InChI=1S/C13H25N3O/c1-10(14-7-6-8-17)12-9-16(13(3,4)5)15-11(12)2/h9-10,14,17H,6-8H2,1-5H3. The van der Waals surface area contributed by atoms with Crippen molar-refractivity contribution < 1.29 is 5.11 Å². The molecule has 1 aromatic heterocycles. The number of aliphatic hydroxyl groups excluding tert-OH is 1. The quantitative estimate of drug-likeness (QED) is 0.772. The Balaban J connectivity index is 2.74. The summed E-state index contributed by atoms with van der Waals surface area (Å²) in [4.78, 5) is 0. The summed E-state index contributed by atoms with van der Waals surface area (Å²) >= 11 is 0. The molecule has 0 amide bonds. The van der Waals surface area contributed by atoms with E-state index in [2.05, 4.69) is 44.3 Å². The fourth-order valence-corrected chi connectivity index (χ4v) is 1.75. The average Bonchev–Trinajstić information content (AvgIpc) is 2.60. The number of hydrogen-bond acceptors (Lipinski definition) is 3. The van der Waals surface area contributed by atoms with Gasteiger partial charge in [0.1, 0.15) is 0 Å². The summed E-state index contributed by atoms with van der Waals surface area (Å²) in [6, 6.07) is 0.276. The lowest BCUT2D eigenvalue weighted by Crippen LogP contribution is -2.23. The van der Waals surface area contributed by atoms with E-state index in [0.717, 1.165) is 18.7 Å². The zero-order chi connectivity index (χ0) is 13.1. The van der Waals surface area contributed by atoms with Gasteiger partial charge in [0.15, 0.2) is 0 Å². The molecule has 1 unspecified atom stereocenters. The first-order valence-electron chi connectivity index (χ1n) is 6.27. The molecule has 4 nitrogen and oxygen atoms in total. The molecule has 98 valence electrons. The maximum atomic E-state index is 8.76. The Morgan fingerprint density at radius 3 is 2.59 bits per heavy atom. The summed E-state index contributed by atoms with van der Waals surface area (Å²) in [5.74, 6) is 0. The highest BCUT2D eigenvalue weighted by Crippen LogP contribution is 2.20. The van der Waals surface area contributed by atoms with Gasteiger partial charge in [-0.15, -0.1) is 0 Å². The minimum Gasteiger partial charge on any atom is -0.396 e. The van der Waals surface area contributed by atoms with E-state index in [1.807, 2.05) is 11.6 Å². The van der Waals surface area contributed by atoms with Gasteiger partial charge in [-0.05, 0) is 47.6 Å². The monoisotopic (exact) mass is 239 g/mol. The van der Waals surface area contributed by atoms with Gasteiger partial charge in [0.05, 0.1) is 11.2 Å². The van der Waals surface area contributed by atoms with Gasteiger partial charge < -0.3 is 10.4 Å². The molecule has 0 aromatic carbocycles. The first-order valence-corrected chi connectivity index (χ1v) is 6.27. The summed E-state index contributed by atoms with van der Waals surface area (Å²) in [6.45, 7) is 11.7. The summed E-state index contributed by atoms with van der Waals surface area (Å²) in [7, 11) is 0. The van der Waals surface area contributed by atoms with E-state index in [1.165, 1.54) is 5.56 Å². The molecule has 0 bridgehead atoms. The van der Waals surface area contributed by atoms with Gasteiger partial charge in [-0.3, -0.25) is 4.68 Å². The van der Waals surface area contributed by atoms with E-state index in [9.17, 15) is 0 Å². The highest BCUT2D eigenvalue weighted by atomic mass is 16.3. The van der Waals surface area contributed by atoms with Crippen molar-refractivity contribution in [2.45, 2.75) is 52.6 Å². The van der Waals surface area contributed by atoms with Crippen LogP contribution in [0.3, 0.4) is 0 Å². The zero-order valence-corrected chi connectivity index (χ0v) is 11.6. The SMILES string of the molecule is Cc1nn(C(C)(C)C)cc1C(C)NCCCO. The molecule has 0 aliphatic heterocycles. The molecule has 0 spiro atoms. The predicted molar refractivity (Wildman–Crippen MR) is 70.1 cm³/mol. The minimum absolute atomic E-state index is 0.0217. The second-order valence-corrected chi connectivity index (χ2v) is 5.54. The molecule has 1 heterocycles. The topological polar surface area (TPSA) is 50.1 Å². The van der Waals surface area contributed by atoms with Gasteiger partial charge in [0, 0.05) is 24.4 Å². The predicted octanol–water partition coefficient (Wildman–Crippen LogP) is 1.98. The lowest BCUT2D eigenvalue weighted by Gasteiger charge is -2.19. The Kier molecular flexibility index (Phi) is 4.71. The third-order valence-corrected chi connectivity index (χ3v) is 2.88. The third-order valence-electron chi connectivity index (χ3n) is 2.88. The van der Waals surface area contributed by atoms with E-state index < -0.39 is 0 Å². The molecule has 0 saturated carbocycles. The first-order chi connectivity index (χ1) is 7.86. The molecule has 4 heteroatoms. The number of nitrogens with one attached hydrogen (secondary N) is 1. The van der Waals surface area contributed by atoms with Gasteiger partial charge in [-0.25, -0.2) is 0 Å². The van der Waals surface area contributed by atoms with Crippen molar-refractivity contribution in [3.05, 3.63) is 17.5 Å². The molecule has 1 rings (SSSR count). The summed E-state index contributed by atoms with van der Waals surface area (Å²) in [5, 5.41) is 16.7. The molecule has 2 N–H and O–H groups in total. The van der Waals surface area contributed by atoms with Crippen LogP contribution < -0.4 is 5.32 Å². The van der Waals surface area contributed by atoms with Crippen LogP contribution >= 0.6 is 0 Å². The number of aryl methyl sites for hydroxylation is 1. The number of aromatic nitrogens is 2. The molecule has 0 aliphatic carbocycles. The lowest BCUT2D eigenvalue weighted by molar-refractivity contribution is 0.284. The Bertz CT molecular complexity index is 352. The molecule has 0 aliphatic rings. The number of aliphatic hydroxyl groups is 1. The number of rotatable bonds is 5. The molecule has 0 saturated heterocycles. The number of hydrogen-bond donors (Lipinski definition) is 2. The van der Waals surface area contributed by atoms with Crippen LogP contribution in [0.1, 0.15) is 51.4 Å². The van der Waals surface area contributed by atoms with E-state index in [4.69, 9.17) is 5.11 Å². The molecule has 17 heavy (non-hydrogen) atoms. The molecular weight excluding hydrogens is 214 g/mol. The van der Waals surface area contributed by atoms with E-state index >= 15 is 0 Å². The normalized spacial score (nSPS) is 14.0. The molecule has 0 fully saturated rings. The average molecular weight is 239 g/mol. The fourth-order valence-electron chi connectivity index (χ4n) is 1.75. The fraction of sp³-hybridized carbons (Fsp3) is 0.769. The first kappa shape index (κ1) is 14.2. The largest absolute Gasteiger partial charge is 0.396 e. The van der Waals surface area contributed by atoms with Crippen LogP contribution in [-0.4, -0.2) is 28.0 Å². The Morgan fingerprint density at radius 1 is 1.47 bits per heavy atom. The van der Waals surface area contributed by atoms with Crippen molar-refractivity contribution in [1.29, 1.82) is 0 Å². The minimum atomic E-state index is 0.0217. The second kappa shape index (κ2) is 5.65. The third kappa shape index (κ3) is 3.82. The van der Waals surface area contributed by atoms with Gasteiger partial charge in [-0.1, -0.05) is 0 Å². The van der Waals surface area contributed by atoms with Crippen LogP contribution in [0.2, 0.25) is 0 Å². The van der Waals surface area contributed by atoms with Crippen LogP contribution in [-0.2, 0) is 5.54 Å². The lowest BCUT2D eigenvalue weighted by atomic mass is 10.1. The van der Waals surface area contributed by atoms with E-state index in [-0.39, 0.29) is 18.2 Å². The summed E-state index contributed by atoms with van der Waals surface area (Å²) < 4.78 is 2.02.